The van der Waals surface area contributed by atoms with E-state index in [1.54, 1.807) is 21.0 Å². The second-order valence-corrected chi connectivity index (χ2v) is 6.13. The molecule has 0 spiro atoms. The van der Waals surface area contributed by atoms with Crippen molar-refractivity contribution >= 4 is 5.78 Å². The maximum atomic E-state index is 12.1. The van der Waals surface area contributed by atoms with Crippen molar-refractivity contribution in [2.75, 3.05) is 20.3 Å². The molecule has 0 N–H and O–H groups in total. The van der Waals surface area contributed by atoms with Crippen molar-refractivity contribution in [3.63, 3.8) is 0 Å². The Labute approximate surface area is 135 Å². The lowest BCUT2D eigenvalue weighted by molar-refractivity contribution is -0.301. The molecule has 6 heteroatoms. The highest BCUT2D eigenvalue weighted by Crippen LogP contribution is 2.32. The van der Waals surface area contributed by atoms with E-state index in [2.05, 4.69) is 0 Å². The first kappa shape index (κ1) is 16.4. The highest BCUT2D eigenvalue weighted by atomic mass is 16.7. The number of methoxy groups -OCH3 is 1. The van der Waals surface area contributed by atoms with Crippen LogP contribution in [0.15, 0.2) is 24.3 Å². The molecule has 1 aromatic carbocycles. The van der Waals surface area contributed by atoms with Crippen molar-refractivity contribution in [1.29, 1.82) is 0 Å². The van der Waals surface area contributed by atoms with E-state index in [0.717, 1.165) is 11.3 Å². The number of ether oxygens (including phenoxy) is 5. The highest BCUT2D eigenvalue weighted by Gasteiger charge is 2.42. The lowest BCUT2D eigenvalue weighted by atomic mass is 10.0. The standard InChI is InChI=1S/C17H22O6/c1-17(2)21-10-13(18)15(23-17)14-8-9-20-16(22-14)11-4-6-12(19-3)7-5-11/h4-7,14-16H,8-10H2,1-3H3/t14-,15-,16-/m1/s1. The molecule has 0 bridgehead atoms. The summed E-state index contributed by atoms with van der Waals surface area (Å²) in [6, 6.07) is 7.49. The molecule has 126 valence electrons. The molecule has 0 unspecified atom stereocenters. The van der Waals surface area contributed by atoms with Gasteiger partial charge in [-0.05, 0) is 26.0 Å². The number of ketones is 1. The van der Waals surface area contributed by atoms with E-state index in [-0.39, 0.29) is 18.5 Å². The van der Waals surface area contributed by atoms with Gasteiger partial charge in [-0.15, -0.1) is 0 Å². The second-order valence-electron chi connectivity index (χ2n) is 6.13. The van der Waals surface area contributed by atoms with Gasteiger partial charge in [-0.25, -0.2) is 0 Å². The van der Waals surface area contributed by atoms with E-state index >= 15 is 0 Å². The molecule has 3 rings (SSSR count). The molecule has 2 fully saturated rings. The van der Waals surface area contributed by atoms with E-state index in [4.69, 9.17) is 23.7 Å². The number of carbonyl (C=O) groups excluding carboxylic acids is 1. The van der Waals surface area contributed by atoms with Crippen LogP contribution in [-0.2, 0) is 23.7 Å². The number of benzene rings is 1. The third-order valence-corrected chi connectivity index (χ3v) is 3.99. The summed E-state index contributed by atoms with van der Waals surface area (Å²) < 4.78 is 28.0. The quantitative estimate of drug-likeness (QED) is 0.850. The SMILES string of the molecule is COc1ccc([C@@H]2OCC[C@H]([C@@H]3OC(C)(C)OCC3=O)O2)cc1. The molecule has 0 amide bonds. The number of hydrogen-bond donors (Lipinski definition) is 0. The molecule has 3 atom stereocenters. The van der Waals surface area contributed by atoms with Crippen LogP contribution >= 0.6 is 0 Å². The Hall–Kier alpha value is -1.47. The van der Waals surface area contributed by atoms with E-state index in [1.807, 2.05) is 24.3 Å². The smallest absolute Gasteiger partial charge is 0.190 e. The fraction of sp³-hybridized carbons (Fsp3) is 0.588. The van der Waals surface area contributed by atoms with Gasteiger partial charge in [-0.2, -0.15) is 0 Å². The van der Waals surface area contributed by atoms with Gasteiger partial charge in [0, 0.05) is 12.0 Å². The van der Waals surface area contributed by atoms with Crippen LogP contribution in [0.3, 0.4) is 0 Å². The summed E-state index contributed by atoms with van der Waals surface area (Å²) in [6.07, 6.45) is -0.865. The number of hydrogen-bond acceptors (Lipinski definition) is 6. The average Bonchev–Trinajstić information content (AvgIpc) is 2.57. The summed E-state index contributed by atoms with van der Waals surface area (Å²) in [4.78, 5) is 12.1. The molecule has 2 saturated heterocycles. The first-order chi connectivity index (χ1) is 11.0. The lowest BCUT2D eigenvalue weighted by Gasteiger charge is -2.40. The van der Waals surface area contributed by atoms with Crippen molar-refractivity contribution in [3.8, 4) is 5.75 Å². The first-order valence-electron chi connectivity index (χ1n) is 7.74. The Balaban J connectivity index is 1.71. The van der Waals surface area contributed by atoms with E-state index in [1.165, 1.54) is 0 Å². The van der Waals surface area contributed by atoms with Crippen LogP contribution in [-0.4, -0.2) is 44.1 Å². The van der Waals surface area contributed by atoms with Crippen LogP contribution in [0.4, 0.5) is 0 Å². The van der Waals surface area contributed by atoms with Gasteiger partial charge in [0.2, 0.25) is 0 Å². The summed E-state index contributed by atoms with van der Waals surface area (Å²) in [6.45, 7) is 4.15. The zero-order valence-electron chi connectivity index (χ0n) is 13.6. The third kappa shape index (κ3) is 3.72. The van der Waals surface area contributed by atoms with Crippen molar-refractivity contribution in [3.05, 3.63) is 29.8 Å². The number of rotatable bonds is 3. The fourth-order valence-corrected chi connectivity index (χ4v) is 2.73. The molecular weight excluding hydrogens is 300 g/mol. The molecule has 2 aliphatic heterocycles. The van der Waals surface area contributed by atoms with Gasteiger partial charge in [0.05, 0.1) is 19.8 Å². The van der Waals surface area contributed by atoms with Gasteiger partial charge in [-0.1, -0.05) is 12.1 Å². The Morgan fingerprint density at radius 3 is 2.65 bits per heavy atom. The lowest BCUT2D eigenvalue weighted by Crippen LogP contribution is -2.53. The van der Waals surface area contributed by atoms with Crippen molar-refractivity contribution < 1.29 is 28.5 Å². The minimum Gasteiger partial charge on any atom is -0.497 e. The predicted octanol–water partition coefficient (Wildman–Crippen LogP) is 2.22. The van der Waals surface area contributed by atoms with Gasteiger partial charge in [0.25, 0.3) is 0 Å². The molecule has 0 aliphatic carbocycles. The van der Waals surface area contributed by atoms with Crippen LogP contribution < -0.4 is 4.74 Å². The zero-order chi connectivity index (χ0) is 16.4. The molecule has 0 saturated carbocycles. The normalized spacial score (nSPS) is 30.9. The van der Waals surface area contributed by atoms with E-state index in [9.17, 15) is 4.79 Å². The third-order valence-electron chi connectivity index (χ3n) is 3.99. The minimum absolute atomic E-state index is 0.0472. The van der Waals surface area contributed by atoms with Crippen LogP contribution in [0.2, 0.25) is 0 Å². The Bertz CT molecular complexity index is 553. The summed E-state index contributed by atoms with van der Waals surface area (Å²) in [7, 11) is 1.62. The molecule has 2 heterocycles. The van der Waals surface area contributed by atoms with Gasteiger partial charge in [0.1, 0.15) is 18.5 Å². The van der Waals surface area contributed by atoms with E-state index < -0.39 is 18.2 Å². The Kier molecular flexibility index (Phi) is 4.68. The summed E-state index contributed by atoms with van der Waals surface area (Å²) in [5, 5.41) is 0. The largest absolute Gasteiger partial charge is 0.497 e. The predicted molar refractivity (Wildman–Crippen MR) is 81.1 cm³/mol. The van der Waals surface area contributed by atoms with Gasteiger partial charge in [0.15, 0.2) is 17.9 Å². The second kappa shape index (κ2) is 6.57. The molecule has 0 aromatic heterocycles. The maximum Gasteiger partial charge on any atom is 0.190 e. The maximum absolute atomic E-state index is 12.1. The average molecular weight is 322 g/mol. The summed E-state index contributed by atoms with van der Waals surface area (Å²) in [5.74, 6) is -0.106. The van der Waals surface area contributed by atoms with Crippen molar-refractivity contribution in [2.24, 2.45) is 0 Å². The van der Waals surface area contributed by atoms with Crippen LogP contribution in [0, 0.1) is 0 Å². The monoisotopic (exact) mass is 322 g/mol. The minimum atomic E-state index is -0.782. The number of Topliss-reactive ketones (excluding diaryl/α,β-unsaturated/α-hetero) is 1. The van der Waals surface area contributed by atoms with Gasteiger partial charge >= 0.3 is 0 Å². The topological polar surface area (TPSA) is 63.2 Å². The van der Waals surface area contributed by atoms with Crippen LogP contribution in [0.1, 0.15) is 32.1 Å². The van der Waals surface area contributed by atoms with Crippen LogP contribution in [0.25, 0.3) is 0 Å². The zero-order valence-corrected chi connectivity index (χ0v) is 13.6. The highest BCUT2D eigenvalue weighted by molar-refractivity contribution is 5.85. The summed E-state index contributed by atoms with van der Waals surface area (Å²) in [5.41, 5.74) is 0.884. The van der Waals surface area contributed by atoms with Crippen LogP contribution in [0.5, 0.6) is 5.75 Å². The molecular formula is C17H22O6. The van der Waals surface area contributed by atoms with Crippen molar-refractivity contribution in [2.45, 2.75) is 44.6 Å². The van der Waals surface area contributed by atoms with Gasteiger partial charge in [-0.3, -0.25) is 4.79 Å². The Morgan fingerprint density at radius 1 is 1.22 bits per heavy atom. The molecule has 1 aromatic rings. The molecule has 23 heavy (non-hydrogen) atoms. The number of carbonyl (C=O) groups is 1. The fourth-order valence-electron chi connectivity index (χ4n) is 2.73. The first-order valence-corrected chi connectivity index (χ1v) is 7.74. The molecule has 6 nitrogen and oxygen atoms in total. The molecule has 0 radical (unpaired) electrons. The van der Waals surface area contributed by atoms with Crippen molar-refractivity contribution in [1.82, 2.24) is 0 Å². The van der Waals surface area contributed by atoms with Gasteiger partial charge < -0.3 is 23.7 Å². The van der Waals surface area contributed by atoms with E-state index in [0.29, 0.717) is 13.0 Å². The Morgan fingerprint density at radius 2 is 1.96 bits per heavy atom. The molecule has 2 aliphatic rings. The summed E-state index contributed by atoms with van der Waals surface area (Å²) >= 11 is 0.